The average molecular weight is 256 g/mol. The summed E-state index contributed by atoms with van der Waals surface area (Å²) in [6.45, 7) is 4.56. The van der Waals surface area contributed by atoms with E-state index in [1.165, 1.54) is 4.90 Å². The molecule has 0 aromatic heterocycles. The van der Waals surface area contributed by atoms with Crippen LogP contribution in [0.3, 0.4) is 0 Å². The predicted molar refractivity (Wildman–Crippen MR) is 61.9 cm³/mol. The molecule has 6 heteroatoms. The van der Waals surface area contributed by atoms with Gasteiger partial charge >= 0.3 is 6.18 Å². The zero-order valence-corrected chi connectivity index (χ0v) is 10.6. The van der Waals surface area contributed by atoms with Gasteiger partial charge in [-0.05, 0) is 26.3 Å². The second kappa shape index (κ2) is 8.72. The first-order valence-corrected chi connectivity index (χ1v) is 6.03. The van der Waals surface area contributed by atoms with Crippen LogP contribution in [0, 0.1) is 0 Å². The molecule has 0 fully saturated rings. The van der Waals surface area contributed by atoms with E-state index in [9.17, 15) is 13.2 Å². The predicted octanol–water partition coefficient (Wildman–Crippen LogP) is 2.01. The summed E-state index contributed by atoms with van der Waals surface area (Å²) in [6.07, 6.45) is -3.04. The fourth-order valence-electron chi connectivity index (χ4n) is 1.67. The van der Waals surface area contributed by atoms with Crippen LogP contribution < -0.4 is 5.73 Å². The molecule has 0 spiro atoms. The van der Waals surface area contributed by atoms with Gasteiger partial charge in [-0.3, -0.25) is 4.90 Å². The minimum atomic E-state index is -4.14. The van der Waals surface area contributed by atoms with Crippen molar-refractivity contribution in [2.45, 2.75) is 39.0 Å². The van der Waals surface area contributed by atoms with Crippen molar-refractivity contribution in [3.63, 3.8) is 0 Å². The van der Waals surface area contributed by atoms with Crippen LogP contribution in [0.1, 0.15) is 26.7 Å². The number of halogens is 3. The molecule has 104 valence electrons. The van der Waals surface area contributed by atoms with Crippen LogP contribution in [-0.2, 0) is 4.74 Å². The first-order valence-electron chi connectivity index (χ1n) is 6.03. The van der Waals surface area contributed by atoms with E-state index in [0.29, 0.717) is 39.1 Å². The second-order valence-electron chi connectivity index (χ2n) is 3.99. The van der Waals surface area contributed by atoms with Gasteiger partial charge in [0.2, 0.25) is 0 Å². The van der Waals surface area contributed by atoms with Crippen molar-refractivity contribution in [1.29, 1.82) is 0 Å². The van der Waals surface area contributed by atoms with Gasteiger partial charge in [0.25, 0.3) is 0 Å². The summed E-state index contributed by atoms with van der Waals surface area (Å²) in [5.74, 6) is 0. The van der Waals surface area contributed by atoms with Crippen molar-refractivity contribution in [3.05, 3.63) is 0 Å². The standard InChI is InChI=1S/C11H23F3N2O/c1-3-6-16(9-11(12,13)14)7-5-10(8-15)17-4-2/h10H,3-9,15H2,1-2H3. The maximum Gasteiger partial charge on any atom is 0.401 e. The lowest BCUT2D eigenvalue weighted by atomic mass is 10.2. The SMILES string of the molecule is CCCN(CCC(CN)OCC)CC(F)(F)F. The third-order valence-corrected chi connectivity index (χ3v) is 2.38. The van der Waals surface area contributed by atoms with Crippen LogP contribution in [0.4, 0.5) is 13.2 Å². The Balaban J connectivity index is 4.06. The van der Waals surface area contributed by atoms with E-state index in [0.717, 1.165) is 0 Å². The highest BCUT2D eigenvalue weighted by Crippen LogP contribution is 2.17. The fraction of sp³-hybridized carbons (Fsp3) is 1.00. The molecule has 17 heavy (non-hydrogen) atoms. The summed E-state index contributed by atoms with van der Waals surface area (Å²) >= 11 is 0. The Hall–Kier alpha value is -0.330. The zero-order chi connectivity index (χ0) is 13.3. The molecule has 0 rings (SSSR count). The topological polar surface area (TPSA) is 38.5 Å². The maximum atomic E-state index is 12.3. The molecule has 0 bridgehead atoms. The van der Waals surface area contributed by atoms with Crippen LogP contribution in [0.5, 0.6) is 0 Å². The molecule has 0 aromatic carbocycles. The Morgan fingerprint density at radius 1 is 1.24 bits per heavy atom. The highest BCUT2D eigenvalue weighted by atomic mass is 19.4. The van der Waals surface area contributed by atoms with E-state index >= 15 is 0 Å². The first kappa shape index (κ1) is 16.7. The molecule has 3 nitrogen and oxygen atoms in total. The number of hydrogen-bond acceptors (Lipinski definition) is 3. The Kier molecular flexibility index (Phi) is 8.55. The Morgan fingerprint density at radius 3 is 2.29 bits per heavy atom. The monoisotopic (exact) mass is 256 g/mol. The minimum Gasteiger partial charge on any atom is -0.377 e. The van der Waals surface area contributed by atoms with Crippen molar-refractivity contribution >= 4 is 0 Å². The Bertz CT molecular complexity index is 188. The van der Waals surface area contributed by atoms with Gasteiger partial charge in [0, 0.05) is 19.7 Å². The van der Waals surface area contributed by atoms with Gasteiger partial charge in [-0.2, -0.15) is 13.2 Å². The lowest BCUT2D eigenvalue weighted by Crippen LogP contribution is -2.38. The van der Waals surface area contributed by atoms with E-state index in [-0.39, 0.29) is 6.10 Å². The molecule has 1 atom stereocenters. The van der Waals surface area contributed by atoms with E-state index in [4.69, 9.17) is 10.5 Å². The normalized spacial score (nSPS) is 14.3. The van der Waals surface area contributed by atoms with Crippen LogP contribution in [0.25, 0.3) is 0 Å². The van der Waals surface area contributed by atoms with E-state index in [1.807, 2.05) is 13.8 Å². The number of rotatable bonds is 9. The summed E-state index contributed by atoms with van der Waals surface area (Å²) in [7, 11) is 0. The molecule has 0 heterocycles. The first-order chi connectivity index (χ1) is 7.92. The van der Waals surface area contributed by atoms with Crippen molar-refractivity contribution in [2.24, 2.45) is 5.73 Å². The summed E-state index contributed by atoms with van der Waals surface area (Å²) in [5.41, 5.74) is 5.48. The van der Waals surface area contributed by atoms with Crippen LogP contribution in [-0.4, -0.2) is 50.0 Å². The molecule has 0 aromatic rings. The molecule has 0 aliphatic heterocycles. The minimum absolute atomic E-state index is 0.146. The average Bonchev–Trinajstić information content (AvgIpc) is 2.22. The zero-order valence-electron chi connectivity index (χ0n) is 10.6. The molecular formula is C11H23F3N2O. The molecule has 2 N–H and O–H groups in total. The van der Waals surface area contributed by atoms with Gasteiger partial charge in [0.15, 0.2) is 0 Å². The smallest absolute Gasteiger partial charge is 0.377 e. The van der Waals surface area contributed by atoms with E-state index in [1.54, 1.807) is 0 Å². The molecule has 0 saturated carbocycles. The summed E-state index contributed by atoms with van der Waals surface area (Å²) in [4.78, 5) is 1.40. The van der Waals surface area contributed by atoms with Gasteiger partial charge in [0.1, 0.15) is 0 Å². The van der Waals surface area contributed by atoms with Crippen LogP contribution in [0.15, 0.2) is 0 Å². The molecule has 0 saturated heterocycles. The van der Waals surface area contributed by atoms with E-state index in [2.05, 4.69) is 0 Å². The molecular weight excluding hydrogens is 233 g/mol. The quantitative estimate of drug-likeness (QED) is 0.686. The molecule has 1 unspecified atom stereocenters. The van der Waals surface area contributed by atoms with Gasteiger partial charge in [0.05, 0.1) is 12.6 Å². The molecule has 0 radical (unpaired) electrons. The number of nitrogens with two attached hydrogens (primary N) is 1. The number of nitrogens with zero attached hydrogens (tertiary/aromatic N) is 1. The summed E-state index contributed by atoms with van der Waals surface area (Å²) < 4.78 is 42.2. The second-order valence-corrected chi connectivity index (χ2v) is 3.99. The number of ether oxygens (including phenoxy) is 1. The van der Waals surface area contributed by atoms with Gasteiger partial charge in [-0.25, -0.2) is 0 Å². The lowest BCUT2D eigenvalue weighted by molar-refractivity contribution is -0.146. The Labute approximate surface area is 101 Å². The van der Waals surface area contributed by atoms with Crippen molar-refractivity contribution < 1.29 is 17.9 Å². The van der Waals surface area contributed by atoms with Crippen molar-refractivity contribution in [2.75, 3.05) is 32.8 Å². The lowest BCUT2D eigenvalue weighted by Gasteiger charge is -2.25. The summed E-state index contributed by atoms with van der Waals surface area (Å²) in [5, 5.41) is 0. The third-order valence-electron chi connectivity index (χ3n) is 2.38. The Morgan fingerprint density at radius 2 is 1.88 bits per heavy atom. The van der Waals surface area contributed by atoms with Gasteiger partial charge in [-0.15, -0.1) is 0 Å². The fourth-order valence-corrected chi connectivity index (χ4v) is 1.67. The number of alkyl halides is 3. The van der Waals surface area contributed by atoms with Crippen LogP contribution in [0.2, 0.25) is 0 Å². The highest BCUT2D eigenvalue weighted by Gasteiger charge is 2.30. The summed E-state index contributed by atoms with van der Waals surface area (Å²) in [6, 6.07) is 0. The van der Waals surface area contributed by atoms with E-state index < -0.39 is 12.7 Å². The maximum absolute atomic E-state index is 12.3. The third kappa shape index (κ3) is 9.38. The van der Waals surface area contributed by atoms with Crippen LogP contribution >= 0.6 is 0 Å². The van der Waals surface area contributed by atoms with Gasteiger partial charge in [-0.1, -0.05) is 6.92 Å². The largest absolute Gasteiger partial charge is 0.401 e. The highest BCUT2D eigenvalue weighted by molar-refractivity contribution is 4.67. The van der Waals surface area contributed by atoms with Gasteiger partial charge < -0.3 is 10.5 Å². The molecule has 0 aliphatic rings. The van der Waals surface area contributed by atoms with Crippen molar-refractivity contribution in [3.8, 4) is 0 Å². The number of hydrogen-bond donors (Lipinski definition) is 1. The molecule has 0 amide bonds. The molecule has 0 aliphatic carbocycles. The van der Waals surface area contributed by atoms with Crippen molar-refractivity contribution in [1.82, 2.24) is 4.90 Å².